The second kappa shape index (κ2) is 4.61. The first-order valence-corrected chi connectivity index (χ1v) is 4.49. The van der Waals surface area contributed by atoms with Gasteiger partial charge in [0.15, 0.2) is 5.69 Å². The summed E-state index contributed by atoms with van der Waals surface area (Å²) in [6.07, 6.45) is -2.99. The van der Waals surface area contributed by atoms with Crippen LogP contribution in [0.15, 0.2) is 10.5 Å². The van der Waals surface area contributed by atoms with E-state index in [1.165, 1.54) is 0 Å². The van der Waals surface area contributed by atoms with Gasteiger partial charge in [0, 0.05) is 0 Å². The SMILES string of the molecule is COC(=O)c1nc(F)c(C(F)F)cc1Br. The van der Waals surface area contributed by atoms with E-state index in [4.69, 9.17) is 0 Å². The summed E-state index contributed by atoms with van der Waals surface area (Å²) < 4.78 is 41.6. The van der Waals surface area contributed by atoms with Gasteiger partial charge in [0.1, 0.15) is 0 Å². The summed E-state index contributed by atoms with van der Waals surface area (Å²) in [5, 5.41) is 0. The molecule has 0 fully saturated rings. The third kappa shape index (κ3) is 2.47. The smallest absolute Gasteiger partial charge is 0.357 e. The molecule has 1 rings (SSSR count). The molecular formula is C8H5BrF3NO2. The molecule has 1 aromatic rings. The molecule has 1 aromatic heterocycles. The van der Waals surface area contributed by atoms with Gasteiger partial charge in [-0.25, -0.2) is 18.6 Å². The number of hydrogen-bond acceptors (Lipinski definition) is 3. The van der Waals surface area contributed by atoms with Gasteiger partial charge in [0.25, 0.3) is 6.43 Å². The zero-order valence-corrected chi connectivity index (χ0v) is 9.02. The number of esters is 1. The van der Waals surface area contributed by atoms with Crippen molar-refractivity contribution in [1.29, 1.82) is 0 Å². The van der Waals surface area contributed by atoms with Gasteiger partial charge >= 0.3 is 5.97 Å². The lowest BCUT2D eigenvalue weighted by Gasteiger charge is -2.05. The van der Waals surface area contributed by atoms with Crippen molar-refractivity contribution in [3.05, 3.63) is 27.7 Å². The molecule has 0 radical (unpaired) electrons. The summed E-state index contributed by atoms with van der Waals surface area (Å²) in [6.45, 7) is 0. The minimum Gasteiger partial charge on any atom is -0.464 e. The Morgan fingerprint density at radius 1 is 1.60 bits per heavy atom. The Bertz CT molecular complexity index is 398. The van der Waals surface area contributed by atoms with E-state index >= 15 is 0 Å². The van der Waals surface area contributed by atoms with Gasteiger partial charge in [0.2, 0.25) is 5.95 Å². The number of halogens is 4. The van der Waals surface area contributed by atoms with Gasteiger partial charge in [-0.05, 0) is 22.0 Å². The standard InChI is InChI=1S/C8H5BrF3NO2/c1-15-8(14)5-4(9)2-3(6(10)11)7(12)13-5/h2,6H,1H3. The predicted molar refractivity (Wildman–Crippen MR) is 48.2 cm³/mol. The maximum Gasteiger partial charge on any atom is 0.357 e. The third-order valence-electron chi connectivity index (χ3n) is 1.57. The van der Waals surface area contributed by atoms with E-state index in [2.05, 4.69) is 25.7 Å². The molecule has 7 heteroatoms. The first kappa shape index (κ1) is 12.0. The zero-order chi connectivity index (χ0) is 11.6. The summed E-state index contributed by atoms with van der Waals surface area (Å²) in [5.41, 5.74) is -1.24. The third-order valence-corrected chi connectivity index (χ3v) is 2.17. The van der Waals surface area contributed by atoms with E-state index in [9.17, 15) is 18.0 Å². The maximum atomic E-state index is 13.0. The van der Waals surface area contributed by atoms with Crippen molar-refractivity contribution in [2.24, 2.45) is 0 Å². The zero-order valence-electron chi connectivity index (χ0n) is 7.43. The van der Waals surface area contributed by atoms with Crippen molar-refractivity contribution < 1.29 is 22.7 Å². The van der Waals surface area contributed by atoms with E-state index in [-0.39, 0.29) is 10.2 Å². The van der Waals surface area contributed by atoms with E-state index < -0.39 is 23.9 Å². The minimum absolute atomic E-state index is 0.0361. The summed E-state index contributed by atoms with van der Waals surface area (Å²) in [5.74, 6) is -2.28. The first-order valence-electron chi connectivity index (χ1n) is 3.69. The number of carbonyl (C=O) groups is 1. The molecular weight excluding hydrogens is 279 g/mol. The fourth-order valence-electron chi connectivity index (χ4n) is 0.873. The molecule has 0 spiro atoms. The molecule has 0 bridgehead atoms. The fraction of sp³-hybridized carbons (Fsp3) is 0.250. The molecule has 3 nitrogen and oxygen atoms in total. The highest BCUT2D eigenvalue weighted by Gasteiger charge is 2.21. The number of aromatic nitrogens is 1. The predicted octanol–water partition coefficient (Wildman–Crippen LogP) is 2.71. The van der Waals surface area contributed by atoms with Crippen LogP contribution >= 0.6 is 15.9 Å². The van der Waals surface area contributed by atoms with E-state index in [1.54, 1.807) is 0 Å². The first-order chi connectivity index (χ1) is 6.97. The van der Waals surface area contributed by atoms with Gasteiger partial charge < -0.3 is 4.74 Å². The average molecular weight is 284 g/mol. The van der Waals surface area contributed by atoms with Crippen molar-refractivity contribution in [1.82, 2.24) is 4.98 Å². The number of nitrogens with zero attached hydrogens (tertiary/aromatic N) is 1. The highest BCUT2D eigenvalue weighted by Crippen LogP contribution is 2.26. The second-order valence-electron chi connectivity index (χ2n) is 2.49. The van der Waals surface area contributed by atoms with Crippen LogP contribution < -0.4 is 0 Å². The Labute approximate surface area is 91.4 Å². The molecule has 0 N–H and O–H groups in total. The van der Waals surface area contributed by atoms with Crippen LogP contribution in [-0.4, -0.2) is 18.1 Å². The number of ether oxygens (including phenoxy) is 1. The number of pyridine rings is 1. The Morgan fingerprint density at radius 3 is 2.67 bits per heavy atom. The highest BCUT2D eigenvalue weighted by atomic mass is 79.9. The minimum atomic E-state index is -2.99. The summed E-state index contributed by atoms with van der Waals surface area (Å²) in [6, 6.07) is 0.805. The summed E-state index contributed by atoms with van der Waals surface area (Å²) in [7, 11) is 1.08. The number of rotatable bonds is 2. The Balaban J connectivity index is 3.25. The molecule has 82 valence electrons. The maximum absolute atomic E-state index is 13.0. The largest absolute Gasteiger partial charge is 0.464 e. The quantitative estimate of drug-likeness (QED) is 0.619. The monoisotopic (exact) mass is 283 g/mol. The molecule has 0 saturated heterocycles. The molecule has 0 atom stereocenters. The lowest BCUT2D eigenvalue weighted by Crippen LogP contribution is -2.08. The Morgan fingerprint density at radius 2 is 2.20 bits per heavy atom. The van der Waals surface area contributed by atoms with Crippen LogP contribution in [0.5, 0.6) is 0 Å². The van der Waals surface area contributed by atoms with Crippen molar-refractivity contribution in [2.45, 2.75) is 6.43 Å². The fourth-order valence-corrected chi connectivity index (χ4v) is 1.37. The van der Waals surface area contributed by atoms with Crippen LogP contribution in [0.3, 0.4) is 0 Å². The average Bonchev–Trinajstić information content (AvgIpc) is 2.19. The van der Waals surface area contributed by atoms with Gasteiger partial charge in [-0.2, -0.15) is 4.39 Å². The molecule has 0 aliphatic heterocycles. The Hall–Kier alpha value is -1.11. The van der Waals surface area contributed by atoms with Gasteiger partial charge in [-0.1, -0.05) is 0 Å². The lowest BCUT2D eigenvalue weighted by molar-refractivity contribution is 0.0590. The number of alkyl halides is 2. The Kier molecular flexibility index (Phi) is 3.67. The highest BCUT2D eigenvalue weighted by molar-refractivity contribution is 9.10. The van der Waals surface area contributed by atoms with Crippen LogP contribution in [0.2, 0.25) is 0 Å². The van der Waals surface area contributed by atoms with Crippen LogP contribution in [0, 0.1) is 5.95 Å². The summed E-state index contributed by atoms with van der Waals surface area (Å²) in [4.78, 5) is 14.1. The van der Waals surface area contributed by atoms with Gasteiger partial charge in [0.05, 0.1) is 17.1 Å². The number of methoxy groups -OCH3 is 1. The van der Waals surface area contributed by atoms with Crippen LogP contribution in [0.4, 0.5) is 13.2 Å². The number of carbonyl (C=O) groups excluding carboxylic acids is 1. The summed E-state index contributed by atoms with van der Waals surface area (Å²) >= 11 is 2.83. The van der Waals surface area contributed by atoms with Gasteiger partial charge in [-0.3, -0.25) is 0 Å². The van der Waals surface area contributed by atoms with Crippen molar-refractivity contribution in [3.8, 4) is 0 Å². The van der Waals surface area contributed by atoms with Crippen molar-refractivity contribution >= 4 is 21.9 Å². The van der Waals surface area contributed by atoms with E-state index in [0.717, 1.165) is 13.2 Å². The normalized spacial score (nSPS) is 10.5. The van der Waals surface area contributed by atoms with E-state index in [1.807, 2.05) is 0 Å². The lowest BCUT2D eigenvalue weighted by atomic mass is 10.2. The van der Waals surface area contributed by atoms with Crippen LogP contribution in [0.25, 0.3) is 0 Å². The van der Waals surface area contributed by atoms with Crippen LogP contribution in [0.1, 0.15) is 22.5 Å². The number of hydrogen-bond donors (Lipinski definition) is 0. The molecule has 0 aliphatic rings. The van der Waals surface area contributed by atoms with Crippen molar-refractivity contribution in [2.75, 3.05) is 7.11 Å². The van der Waals surface area contributed by atoms with Gasteiger partial charge in [-0.15, -0.1) is 0 Å². The molecule has 0 unspecified atom stereocenters. The molecule has 0 amide bonds. The topological polar surface area (TPSA) is 39.2 Å². The molecule has 1 heterocycles. The van der Waals surface area contributed by atoms with Crippen molar-refractivity contribution in [3.63, 3.8) is 0 Å². The van der Waals surface area contributed by atoms with E-state index in [0.29, 0.717) is 0 Å². The molecule has 15 heavy (non-hydrogen) atoms. The molecule has 0 aromatic carbocycles. The molecule has 0 saturated carbocycles. The molecule has 0 aliphatic carbocycles. The van der Waals surface area contributed by atoms with Crippen LogP contribution in [-0.2, 0) is 4.74 Å². The second-order valence-corrected chi connectivity index (χ2v) is 3.35.